The van der Waals surface area contributed by atoms with Crippen molar-refractivity contribution in [3.05, 3.63) is 35.7 Å². The van der Waals surface area contributed by atoms with Crippen molar-refractivity contribution in [1.82, 2.24) is 14.9 Å². The Morgan fingerprint density at radius 2 is 1.71 bits per heavy atom. The van der Waals surface area contributed by atoms with Gasteiger partial charge in [0.25, 0.3) is 11.8 Å². The number of rotatable bonds is 8. The fourth-order valence-electron chi connectivity index (χ4n) is 2.61. The first-order chi connectivity index (χ1) is 13.5. The summed E-state index contributed by atoms with van der Waals surface area (Å²) in [7, 11) is 2.94. The van der Waals surface area contributed by atoms with Gasteiger partial charge in [-0.05, 0) is 32.2 Å². The van der Waals surface area contributed by atoms with Gasteiger partial charge in [-0.2, -0.15) is 0 Å². The zero-order valence-electron chi connectivity index (χ0n) is 16.6. The molecule has 0 aliphatic heterocycles. The molecule has 2 amide bonds. The molecule has 0 aliphatic carbocycles. The number of carbonyl (C=O) groups excluding carboxylic acids is 2. The highest BCUT2D eigenvalue weighted by Crippen LogP contribution is 2.37. The molecule has 0 spiro atoms. The van der Waals surface area contributed by atoms with Crippen LogP contribution in [0.5, 0.6) is 11.5 Å². The first-order valence-corrected chi connectivity index (χ1v) is 9.94. The molecule has 0 saturated carbocycles. The van der Waals surface area contributed by atoms with E-state index in [0.29, 0.717) is 46.6 Å². The molecule has 150 valence electrons. The quantitative estimate of drug-likeness (QED) is 0.534. The highest BCUT2D eigenvalue weighted by molar-refractivity contribution is 7.98. The average Bonchev–Trinajstić information content (AvgIpc) is 2.73. The number of nitrogens with zero attached hydrogens (tertiary/aromatic N) is 3. The molecule has 28 heavy (non-hydrogen) atoms. The molecule has 9 heteroatoms. The van der Waals surface area contributed by atoms with Crippen LogP contribution < -0.4 is 14.8 Å². The Bertz CT molecular complexity index is 839. The Balaban J connectivity index is 2.41. The van der Waals surface area contributed by atoms with Gasteiger partial charge in [-0.15, -0.1) is 0 Å². The lowest BCUT2D eigenvalue weighted by Gasteiger charge is -2.21. The van der Waals surface area contributed by atoms with E-state index in [9.17, 15) is 9.59 Å². The zero-order valence-corrected chi connectivity index (χ0v) is 17.4. The molecular weight excluding hydrogens is 380 g/mol. The third-order valence-electron chi connectivity index (χ3n) is 4.10. The lowest BCUT2D eigenvalue weighted by atomic mass is 10.1. The van der Waals surface area contributed by atoms with E-state index in [1.165, 1.54) is 38.4 Å². The average molecular weight is 404 g/mol. The van der Waals surface area contributed by atoms with Crippen LogP contribution in [-0.2, 0) is 0 Å². The van der Waals surface area contributed by atoms with Gasteiger partial charge in [0.2, 0.25) is 0 Å². The first kappa shape index (κ1) is 21.5. The Kier molecular flexibility index (Phi) is 7.62. The van der Waals surface area contributed by atoms with Gasteiger partial charge in [-0.1, -0.05) is 11.8 Å². The van der Waals surface area contributed by atoms with Gasteiger partial charge in [-0.3, -0.25) is 9.59 Å². The van der Waals surface area contributed by atoms with Crippen molar-refractivity contribution in [1.29, 1.82) is 0 Å². The summed E-state index contributed by atoms with van der Waals surface area (Å²) in [6.45, 7) is 4.96. The third-order valence-corrected chi connectivity index (χ3v) is 4.67. The molecule has 0 bridgehead atoms. The number of anilines is 1. The van der Waals surface area contributed by atoms with E-state index in [4.69, 9.17) is 9.47 Å². The van der Waals surface area contributed by atoms with Crippen LogP contribution in [0.25, 0.3) is 0 Å². The van der Waals surface area contributed by atoms with Crippen LogP contribution >= 0.6 is 11.8 Å². The Hall–Kier alpha value is -2.81. The van der Waals surface area contributed by atoms with Crippen LogP contribution in [-0.4, -0.2) is 60.2 Å². The molecule has 0 unspecified atom stereocenters. The maximum absolute atomic E-state index is 12.7. The number of benzene rings is 1. The van der Waals surface area contributed by atoms with Crippen LogP contribution in [0, 0.1) is 0 Å². The Morgan fingerprint density at radius 3 is 2.21 bits per heavy atom. The molecule has 8 nitrogen and oxygen atoms in total. The van der Waals surface area contributed by atoms with Crippen LogP contribution in [0.2, 0.25) is 0 Å². The summed E-state index contributed by atoms with van der Waals surface area (Å²) in [5.74, 6) is 0.105. The molecule has 2 rings (SSSR count). The van der Waals surface area contributed by atoms with E-state index in [2.05, 4.69) is 15.3 Å². The summed E-state index contributed by atoms with van der Waals surface area (Å²) >= 11 is 1.38. The molecule has 1 N–H and O–H groups in total. The number of ether oxygens (including phenoxy) is 2. The van der Waals surface area contributed by atoms with E-state index in [0.717, 1.165) is 0 Å². The van der Waals surface area contributed by atoms with E-state index < -0.39 is 5.91 Å². The second-order valence-electron chi connectivity index (χ2n) is 5.65. The Morgan fingerprint density at radius 1 is 1.07 bits per heavy atom. The number of hydrogen-bond donors (Lipinski definition) is 1. The number of methoxy groups -OCH3 is 2. The summed E-state index contributed by atoms with van der Waals surface area (Å²) < 4.78 is 10.7. The van der Waals surface area contributed by atoms with Gasteiger partial charge in [0.15, 0.2) is 16.7 Å². The fraction of sp³-hybridized carbons (Fsp3) is 0.368. The van der Waals surface area contributed by atoms with Gasteiger partial charge in [0.1, 0.15) is 0 Å². The van der Waals surface area contributed by atoms with Gasteiger partial charge in [0.05, 0.1) is 25.5 Å². The number of aromatic nitrogens is 2. The first-order valence-electron chi connectivity index (χ1n) is 8.71. The summed E-state index contributed by atoms with van der Waals surface area (Å²) in [5, 5.41) is 3.33. The van der Waals surface area contributed by atoms with E-state index in [-0.39, 0.29) is 5.91 Å². The number of amides is 2. The lowest BCUT2D eigenvalue weighted by Crippen LogP contribution is -2.30. The Labute approximate surface area is 168 Å². The van der Waals surface area contributed by atoms with E-state index in [1.807, 2.05) is 20.1 Å². The summed E-state index contributed by atoms with van der Waals surface area (Å²) in [5.41, 5.74) is 1.02. The lowest BCUT2D eigenvalue weighted by molar-refractivity contribution is 0.0772. The molecular formula is C19H24N4O4S. The molecule has 2 aromatic rings. The second-order valence-corrected chi connectivity index (χ2v) is 6.42. The van der Waals surface area contributed by atoms with Gasteiger partial charge in [-0.25, -0.2) is 9.97 Å². The highest BCUT2D eigenvalue weighted by Gasteiger charge is 2.21. The molecule has 1 aromatic heterocycles. The minimum Gasteiger partial charge on any atom is -0.493 e. The fourth-order valence-corrected chi connectivity index (χ4v) is 2.92. The van der Waals surface area contributed by atoms with Crippen molar-refractivity contribution in [2.75, 3.05) is 38.9 Å². The van der Waals surface area contributed by atoms with E-state index >= 15 is 0 Å². The van der Waals surface area contributed by atoms with Crippen LogP contribution in [0.3, 0.4) is 0 Å². The molecule has 0 radical (unpaired) electrons. The highest BCUT2D eigenvalue weighted by atomic mass is 32.2. The topological polar surface area (TPSA) is 93.7 Å². The second kappa shape index (κ2) is 9.93. The standard InChI is InChI=1S/C19H24N4O4S/c1-6-23(7-2)18(25)12-8-14(16(27-4)15(9-12)26-3)22-17(24)13-10-20-19(28-5)21-11-13/h8-11H,6-7H2,1-5H3,(H,22,24). The van der Waals surface area contributed by atoms with Crippen molar-refractivity contribution in [2.45, 2.75) is 19.0 Å². The summed E-state index contributed by atoms with van der Waals surface area (Å²) in [6.07, 6.45) is 4.75. The number of hydrogen-bond acceptors (Lipinski definition) is 7. The van der Waals surface area contributed by atoms with Crippen molar-refractivity contribution in [2.24, 2.45) is 0 Å². The minimum atomic E-state index is -0.416. The van der Waals surface area contributed by atoms with Gasteiger partial charge in [0, 0.05) is 31.0 Å². The maximum atomic E-state index is 12.7. The van der Waals surface area contributed by atoms with Crippen LogP contribution in [0.15, 0.2) is 29.7 Å². The maximum Gasteiger partial charge on any atom is 0.258 e. The number of thioether (sulfide) groups is 1. The SMILES string of the molecule is CCN(CC)C(=O)c1cc(NC(=O)c2cnc(SC)nc2)c(OC)c(OC)c1. The van der Waals surface area contributed by atoms with Crippen molar-refractivity contribution in [3.8, 4) is 11.5 Å². The van der Waals surface area contributed by atoms with Gasteiger partial charge < -0.3 is 19.7 Å². The van der Waals surface area contributed by atoms with E-state index in [1.54, 1.807) is 17.0 Å². The predicted octanol–water partition coefficient (Wildman–Crippen LogP) is 2.95. The van der Waals surface area contributed by atoms with Crippen LogP contribution in [0.4, 0.5) is 5.69 Å². The van der Waals surface area contributed by atoms with Crippen molar-refractivity contribution < 1.29 is 19.1 Å². The van der Waals surface area contributed by atoms with Gasteiger partial charge >= 0.3 is 0 Å². The van der Waals surface area contributed by atoms with Crippen molar-refractivity contribution in [3.63, 3.8) is 0 Å². The molecule has 1 aromatic carbocycles. The van der Waals surface area contributed by atoms with Crippen molar-refractivity contribution >= 4 is 29.3 Å². The monoisotopic (exact) mass is 404 g/mol. The summed E-state index contributed by atoms with van der Waals surface area (Å²) in [6, 6.07) is 3.18. The number of carbonyl (C=O) groups is 2. The number of nitrogens with one attached hydrogen (secondary N) is 1. The molecule has 1 heterocycles. The zero-order chi connectivity index (χ0) is 20.7. The minimum absolute atomic E-state index is 0.158. The molecule has 0 fully saturated rings. The summed E-state index contributed by atoms with van der Waals surface area (Å²) in [4.78, 5) is 35.3. The third kappa shape index (κ3) is 4.72. The molecule has 0 aliphatic rings. The largest absolute Gasteiger partial charge is 0.493 e. The smallest absolute Gasteiger partial charge is 0.258 e. The normalized spacial score (nSPS) is 10.3. The molecule has 0 atom stereocenters. The predicted molar refractivity (Wildman–Crippen MR) is 109 cm³/mol. The van der Waals surface area contributed by atoms with Crippen LogP contribution in [0.1, 0.15) is 34.6 Å². The molecule has 0 saturated heterocycles.